The van der Waals surface area contributed by atoms with Gasteiger partial charge in [0.15, 0.2) is 0 Å². The molecule has 0 unspecified atom stereocenters. The summed E-state index contributed by atoms with van der Waals surface area (Å²) in [6.45, 7) is 9.32. The van der Waals surface area contributed by atoms with Gasteiger partial charge in [-0.15, -0.1) is 0 Å². The Hall–Kier alpha value is -2.36. The third kappa shape index (κ3) is 3.65. The summed E-state index contributed by atoms with van der Waals surface area (Å²) in [5.41, 5.74) is 8.02. The van der Waals surface area contributed by atoms with Crippen LogP contribution in [0.2, 0.25) is 0 Å². The molecule has 0 bridgehead atoms. The van der Waals surface area contributed by atoms with Crippen LogP contribution in [-0.2, 0) is 10.8 Å². The first-order valence-corrected chi connectivity index (χ1v) is 10.4. The van der Waals surface area contributed by atoms with Gasteiger partial charge in [-0.25, -0.2) is 0 Å². The fourth-order valence-corrected chi connectivity index (χ4v) is 4.59. The van der Waals surface area contributed by atoms with Crippen molar-refractivity contribution in [2.75, 3.05) is 0 Å². The van der Waals surface area contributed by atoms with Gasteiger partial charge < -0.3 is 10.0 Å². The third-order valence-corrected chi connectivity index (χ3v) is 6.59. The molecule has 0 radical (unpaired) electrons. The molecule has 0 atom stereocenters. The van der Waals surface area contributed by atoms with Gasteiger partial charge in [-0.2, -0.15) is 0 Å². The van der Waals surface area contributed by atoms with Crippen molar-refractivity contribution in [2.24, 2.45) is 0 Å². The molecule has 2 N–H and O–H groups in total. The Morgan fingerprint density at radius 1 is 0.655 bits per heavy atom. The first-order valence-electron chi connectivity index (χ1n) is 10.4. The second kappa shape index (κ2) is 7.16. The Bertz CT molecular complexity index is 1040. The van der Waals surface area contributed by atoms with E-state index < -0.39 is 7.12 Å². The van der Waals surface area contributed by atoms with Gasteiger partial charge in [0.25, 0.3) is 0 Å². The van der Waals surface area contributed by atoms with E-state index in [-0.39, 0.29) is 10.8 Å². The minimum Gasteiger partial charge on any atom is -0.423 e. The molecule has 0 spiro atoms. The molecule has 0 heterocycles. The highest BCUT2D eigenvalue weighted by Gasteiger charge is 2.37. The third-order valence-electron chi connectivity index (χ3n) is 6.59. The smallest absolute Gasteiger partial charge is 0.423 e. The van der Waals surface area contributed by atoms with Gasteiger partial charge in [-0.3, -0.25) is 0 Å². The van der Waals surface area contributed by atoms with Crippen LogP contribution >= 0.6 is 0 Å². The average molecular weight is 384 g/mol. The van der Waals surface area contributed by atoms with E-state index >= 15 is 0 Å². The van der Waals surface area contributed by atoms with Crippen molar-refractivity contribution in [3.8, 4) is 22.3 Å². The first-order chi connectivity index (χ1) is 13.7. The van der Waals surface area contributed by atoms with Crippen LogP contribution in [-0.4, -0.2) is 17.2 Å². The molecule has 0 aliphatic heterocycles. The highest BCUT2D eigenvalue weighted by atomic mass is 16.4. The molecule has 0 aromatic heterocycles. The highest BCUT2D eigenvalue weighted by molar-refractivity contribution is 6.58. The van der Waals surface area contributed by atoms with Gasteiger partial charge in [0, 0.05) is 0 Å². The van der Waals surface area contributed by atoms with Crippen LogP contribution in [0.15, 0.2) is 66.7 Å². The first kappa shape index (κ1) is 19.9. The molecule has 4 rings (SSSR count). The molecule has 0 amide bonds. The van der Waals surface area contributed by atoms with E-state index in [9.17, 15) is 10.0 Å². The Labute approximate surface area is 174 Å². The normalized spacial score (nSPS) is 16.9. The van der Waals surface area contributed by atoms with Crippen molar-refractivity contribution in [3.05, 3.63) is 77.9 Å². The topological polar surface area (TPSA) is 40.5 Å². The van der Waals surface area contributed by atoms with Gasteiger partial charge in [0.2, 0.25) is 0 Å². The number of benzene rings is 3. The van der Waals surface area contributed by atoms with Gasteiger partial charge in [0.05, 0.1) is 0 Å². The number of rotatable bonds is 3. The molecule has 1 aliphatic carbocycles. The maximum absolute atomic E-state index is 9.76. The summed E-state index contributed by atoms with van der Waals surface area (Å²) in [5, 5.41) is 19.5. The van der Waals surface area contributed by atoms with Gasteiger partial charge in [0.1, 0.15) is 0 Å². The predicted molar refractivity (Wildman–Crippen MR) is 122 cm³/mol. The van der Waals surface area contributed by atoms with Crippen LogP contribution in [0.1, 0.15) is 51.7 Å². The molecule has 1 aliphatic rings. The molecule has 29 heavy (non-hydrogen) atoms. The lowest BCUT2D eigenvalue weighted by molar-refractivity contribution is 0.332. The van der Waals surface area contributed by atoms with Crippen LogP contribution in [0.25, 0.3) is 22.3 Å². The largest absolute Gasteiger partial charge is 0.488 e. The van der Waals surface area contributed by atoms with Crippen LogP contribution in [0.3, 0.4) is 0 Å². The summed E-state index contributed by atoms with van der Waals surface area (Å²) in [6, 6.07) is 22.8. The number of fused-ring (bicyclic) bond motifs is 1. The van der Waals surface area contributed by atoms with Crippen molar-refractivity contribution in [2.45, 2.75) is 51.4 Å². The van der Waals surface area contributed by atoms with E-state index in [1.807, 2.05) is 30.3 Å². The fourth-order valence-electron chi connectivity index (χ4n) is 4.59. The zero-order chi connectivity index (χ0) is 20.8. The molecule has 3 aromatic carbocycles. The van der Waals surface area contributed by atoms with Crippen molar-refractivity contribution in [1.29, 1.82) is 0 Å². The van der Waals surface area contributed by atoms with E-state index in [0.717, 1.165) is 28.7 Å². The summed E-state index contributed by atoms with van der Waals surface area (Å²) in [4.78, 5) is 0. The van der Waals surface area contributed by atoms with Gasteiger partial charge in [-0.05, 0) is 62.5 Å². The summed E-state index contributed by atoms with van der Waals surface area (Å²) in [6.07, 6.45) is 2.35. The molecule has 0 saturated carbocycles. The Morgan fingerprint density at radius 3 is 1.97 bits per heavy atom. The maximum atomic E-state index is 9.76. The maximum Gasteiger partial charge on any atom is 0.488 e. The lowest BCUT2D eigenvalue weighted by atomic mass is 9.62. The van der Waals surface area contributed by atoms with Crippen molar-refractivity contribution in [1.82, 2.24) is 0 Å². The van der Waals surface area contributed by atoms with E-state index in [4.69, 9.17) is 0 Å². The summed E-state index contributed by atoms with van der Waals surface area (Å²) in [5.74, 6) is 0. The minimum absolute atomic E-state index is 0.127. The zero-order valence-electron chi connectivity index (χ0n) is 17.7. The van der Waals surface area contributed by atoms with Gasteiger partial charge >= 0.3 is 7.12 Å². The Kier molecular flexibility index (Phi) is 4.92. The average Bonchev–Trinajstić information content (AvgIpc) is 2.71. The molecule has 3 aromatic rings. The lowest BCUT2D eigenvalue weighted by Crippen LogP contribution is -2.33. The second-order valence-electron chi connectivity index (χ2n) is 9.57. The van der Waals surface area contributed by atoms with Crippen LogP contribution in [0.5, 0.6) is 0 Å². The Morgan fingerprint density at radius 2 is 1.31 bits per heavy atom. The van der Waals surface area contributed by atoms with Crippen molar-refractivity contribution >= 4 is 12.6 Å². The van der Waals surface area contributed by atoms with E-state index in [1.54, 1.807) is 6.07 Å². The number of hydrogen-bond donors (Lipinski definition) is 2. The SMILES string of the molecule is CC1(C)CCC(C)(C)c2cc(-c3cc(B(O)O)ccc3-c3ccccc3)ccc21. The van der Waals surface area contributed by atoms with Crippen LogP contribution in [0, 0.1) is 0 Å². The Balaban J connectivity index is 1.94. The molecule has 148 valence electrons. The van der Waals surface area contributed by atoms with Crippen molar-refractivity contribution < 1.29 is 10.0 Å². The highest BCUT2D eigenvalue weighted by Crippen LogP contribution is 2.47. The molecule has 0 saturated heterocycles. The summed E-state index contributed by atoms with van der Waals surface area (Å²) in [7, 11) is -1.48. The number of hydrogen-bond acceptors (Lipinski definition) is 2. The molecule has 0 fully saturated rings. The molecular weight excluding hydrogens is 355 g/mol. The summed E-state index contributed by atoms with van der Waals surface area (Å²) < 4.78 is 0. The minimum atomic E-state index is -1.48. The summed E-state index contributed by atoms with van der Waals surface area (Å²) >= 11 is 0. The predicted octanol–water partition coefficient (Wildman–Crippen LogP) is 5.05. The second-order valence-corrected chi connectivity index (χ2v) is 9.57. The van der Waals surface area contributed by atoms with Crippen molar-refractivity contribution in [3.63, 3.8) is 0 Å². The van der Waals surface area contributed by atoms with Crippen LogP contribution < -0.4 is 5.46 Å². The van der Waals surface area contributed by atoms with E-state index in [2.05, 4.69) is 58.0 Å². The molecular formula is C26H29BO2. The monoisotopic (exact) mass is 384 g/mol. The quantitative estimate of drug-likeness (QED) is 0.621. The van der Waals surface area contributed by atoms with Crippen LogP contribution in [0.4, 0.5) is 0 Å². The van der Waals surface area contributed by atoms with E-state index in [1.165, 1.54) is 17.5 Å². The zero-order valence-corrected chi connectivity index (χ0v) is 17.7. The standard InChI is InChI=1S/C26H29BO2/c1-25(2)14-15-26(3,4)24-16-19(10-13-23(24)25)22-17-20(27(28)29)11-12-21(22)18-8-6-5-7-9-18/h5-13,16-17,28-29H,14-15H2,1-4H3. The van der Waals surface area contributed by atoms with E-state index in [0.29, 0.717) is 5.46 Å². The molecule has 3 heteroatoms. The van der Waals surface area contributed by atoms with Gasteiger partial charge in [-0.1, -0.05) is 94.4 Å². The molecule has 2 nitrogen and oxygen atoms in total. The lowest BCUT2D eigenvalue weighted by Gasteiger charge is -2.42. The fraction of sp³-hybridized carbons (Fsp3) is 0.308.